The quantitative estimate of drug-likeness (QED) is 0.731. The predicted molar refractivity (Wildman–Crippen MR) is 87.7 cm³/mol. The van der Waals surface area contributed by atoms with Crippen molar-refractivity contribution >= 4 is 21.4 Å². The molecule has 0 saturated heterocycles. The molecule has 0 radical (unpaired) electrons. The van der Waals surface area contributed by atoms with Crippen molar-refractivity contribution in [2.24, 2.45) is 0 Å². The smallest absolute Gasteiger partial charge is 0.277 e. The molecule has 2 rings (SSSR count). The maximum Gasteiger partial charge on any atom is 0.277 e. The third-order valence-corrected chi connectivity index (χ3v) is 4.50. The van der Waals surface area contributed by atoms with Gasteiger partial charge in [-0.3, -0.25) is 9.36 Å². The summed E-state index contributed by atoms with van der Waals surface area (Å²) in [6.45, 7) is 2.79. The summed E-state index contributed by atoms with van der Waals surface area (Å²) in [5.41, 5.74) is -0.796. The lowest BCUT2D eigenvalue weighted by Crippen LogP contribution is -2.29. The normalized spacial score (nSPS) is 11.8. The maximum atomic E-state index is 13.6. The van der Waals surface area contributed by atoms with E-state index in [2.05, 4.69) is 4.98 Å². The molecule has 6 nitrogen and oxygen atoms in total. The van der Waals surface area contributed by atoms with E-state index in [1.807, 2.05) is 0 Å². The highest BCUT2D eigenvalue weighted by molar-refractivity contribution is 7.90. The summed E-state index contributed by atoms with van der Waals surface area (Å²) in [6, 6.07) is 2.36. The van der Waals surface area contributed by atoms with Crippen molar-refractivity contribution in [3.05, 3.63) is 50.8 Å². The molecule has 1 aromatic heterocycles. The van der Waals surface area contributed by atoms with E-state index in [4.69, 9.17) is 16.3 Å². The fourth-order valence-electron chi connectivity index (χ4n) is 2.07. The lowest BCUT2D eigenvalue weighted by atomic mass is 10.2. The molecule has 0 spiro atoms. The minimum atomic E-state index is -3.85. The molecule has 0 aliphatic rings. The summed E-state index contributed by atoms with van der Waals surface area (Å²) in [5, 5.41) is -0.935. The van der Waals surface area contributed by atoms with Crippen LogP contribution in [0, 0.1) is 11.6 Å². The fourth-order valence-corrected chi connectivity index (χ4v) is 3.16. The van der Waals surface area contributed by atoms with Gasteiger partial charge in [0.05, 0.1) is 0 Å². The molecule has 0 saturated carbocycles. The molecule has 136 valence electrons. The Morgan fingerprint density at radius 2 is 1.96 bits per heavy atom. The topological polar surface area (TPSA) is 78.3 Å². The lowest BCUT2D eigenvalue weighted by molar-refractivity contribution is 0.280. The van der Waals surface area contributed by atoms with Crippen molar-refractivity contribution in [1.29, 1.82) is 0 Å². The van der Waals surface area contributed by atoms with Crippen molar-refractivity contribution in [1.82, 2.24) is 9.55 Å². The SMILES string of the molecule is CC(C)n1c(S(C)(=O)=O)nc(OCc2ccc(F)cc2F)c(Cl)c1=O. The second kappa shape index (κ2) is 7.09. The molecule has 10 heteroatoms. The first kappa shape index (κ1) is 19.3. The van der Waals surface area contributed by atoms with E-state index in [9.17, 15) is 22.0 Å². The van der Waals surface area contributed by atoms with Crippen LogP contribution < -0.4 is 10.3 Å². The van der Waals surface area contributed by atoms with Gasteiger partial charge in [-0.1, -0.05) is 11.6 Å². The Bertz CT molecular complexity index is 974. The second-order valence-electron chi connectivity index (χ2n) is 5.58. The van der Waals surface area contributed by atoms with E-state index < -0.39 is 55.7 Å². The van der Waals surface area contributed by atoms with Crippen LogP contribution in [0.1, 0.15) is 25.5 Å². The molecule has 0 unspecified atom stereocenters. The van der Waals surface area contributed by atoms with Crippen LogP contribution in [-0.4, -0.2) is 24.2 Å². The van der Waals surface area contributed by atoms with Crippen LogP contribution in [-0.2, 0) is 16.4 Å². The number of sulfone groups is 1. The zero-order valence-corrected chi connectivity index (χ0v) is 15.2. The van der Waals surface area contributed by atoms with E-state index >= 15 is 0 Å². The minimum Gasteiger partial charge on any atom is -0.471 e. The average Bonchev–Trinajstić information content (AvgIpc) is 2.48. The Kier molecular flexibility index (Phi) is 5.48. The Morgan fingerprint density at radius 1 is 1.32 bits per heavy atom. The first-order valence-corrected chi connectivity index (χ1v) is 9.38. The summed E-state index contributed by atoms with van der Waals surface area (Å²) in [4.78, 5) is 16.2. The molecule has 0 bridgehead atoms. The molecule has 0 fully saturated rings. The van der Waals surface area contributed by atoms with E-state index in [1.54, 1.807) is 13.8 Å². The van der Waals surface area contributed by atoms with E-state index in [0.29, 0.717) is 6.07 Å². The van der Waals surface area contributed by atoms with Gasteiger partial charge in [-0.25, -0.2) is 17.2 Å². The number of benzene rings is 1. The van der Waals surface area contributed by atoms with Gasteiger partial charge in [-0.05, 0) is 26.0 Å². The molecule has 25 heavy (non-hydrogen) atoms. The van der Waals surface area contributed by atoms with Gasteiger partial charge in [0.15, 0.2) is 5.02 Å². The molecule has 0 N–H and O–H groups in total. The third kappa shape index (κ3) is 4.16. The van der Waals surface area contributed by atoms with E-state index in [1.165, 1.54) is 0 Å². The van der Waals surface area contributed by atoms with Gasteiger partial charge in [0.25, 0.3) is 5.56 Å². The molecule has 0 aliphatic carbocycles. The molecule has 0 atom stereocenters. The van der Waals surface area contributed by atoms with Crippen LogP contribution in [0.5, 0.6) is 5.88 Å². The number of aromatic nitrogens is 2. The Hall–Kier alpha value is -2.00. The van der Waals surface area contributed by atoms with Gasteiger partial charge in [0, 0.05) is 23.9 Å². The fraction of sp³-hybridized carbons (Fsp3) is 0.333. The van der Waals surface area contributed by atoms with Crippen LogP contribution in [0.3, 0.4) is 0 Å². The monoisotopic (exact) mass is 392 g/mol. The van der Waals surface area contributed by atoms with Gasteiger partial charge in [-0.15, -0.1) is 0 Å². The van der Waals surface area contributed by atoms with Gasteiger partial charge >= 0.3 is 0 Å². The van der Waals surface area contributed by atoms with Gasteiger partial charge in [-0.2, -0.15) is 4.98 Å². The van der Waals surface area contributed by atoms with Gasteiger partial charge in [0.1, 0.15) is 18.2 Å². The van der Waals surface area contributed by atoms with Crippen molar-refractivity contribution in [3.63, 3.8) is 0 Å². The first-order valence-electron chi connectivity index (χ1n) is 7.11. The van der Waals surface area contributed by atoms with Crippen LogP contribution in [0.4, 0.5) is 8.78 Å². The minimum absolute atomic E-state index is 0.00629. The van der Waals surface area contributed by atoms with Gasteiger partial charge < -0.3 is 4.74 Å². The number of hydrogen-bond acceptors (Lipinski definition) is 5. The first-order chi connectivity index (χ1) is 11.5. The Labute approximate surface area is 147 Å². The van der Waals surface area contributed by atoms with Gasteiger partial charge in [0.2, 0.25) is 20.9 Å². The molecule has 0 amide bonds. The molecular weight excluding hydrogens is 378 g/mol. The lowest BCUT2D eigenvalue weighted by Gasteiger charge is -2.16. The summed E-state index contributed by atoms with van der Waals surface area (Å²) < 4.78 is 56.5. The molecular formula is C15H15ClF2N2O4S. The number of rotatable bonds is 5. The van der Waals surface area contributed by atoms with Crippen LogP contribution >= 0.6 is 11.6 Å². The highest BCUT2D eigenvalue weighted by Crippen LogP contribution is 2.23. The van der Waals surface area contributed by atoms with Crippen molar-refractivity contribution < 1.29 is 21.9 Å². The summed E-state index contributed by atoms with van der Waals surface area (Å²) in [7, 11) is -3.85. The van der Waals surface area contributed by atoms with E-state index in [0.717, 1.165) is 23.0 Å². The summed E-state index contributed by atoms with van der Waals surface area (Å²) in [5.74, 6) is -2.04. The number of halogens is 3. The standard InChI is InChI=1S/C15H15ClF2N2O4S/c1-8(2)20-14(21)12(16)13(19-15(20)25(3,22)23)24-7-9-4-5-10(17)6-11(9)18/h4-6,8H,7H2,1-3H3. The van der Waals surface area contributed by atoms with Crippen molar-refractivity contribution in [2.75, 3.05) is 6.26 Å². The van der Waals surface area contributed by atoms with Crippen LogP contribution in [0.2, 0.25) is 5.02 Å². The van der Waals surface area contributed by atoms with Crippen molar-refractivity contribution in [3.8, 4) is 5.88 Å². The maximum absolute atomic E-state index is 13.6. The highest BCUT2D eigenvalue weighted by atomic mass is 35.5. The Balaban J connectivity index is 2.48. The van der Waals surface area contributed by atoms with Crippen molar-refractivity contribution in [2.45, 2.75) is 31.7 Å². The number of nitrogens with zero attached hydrogens (tertiary/aromatic N) is 2. The zero-order chi connectivity index (χ0) is 18.9. The molecule has 1 heterocycles. The second-order valence-corrected chi connectivity index (χ2v) is 7.87. The summed E-state index contributed by atoms with van der Waals surface area (Å²) in [6.07, 6.45) is 0.894. The van der Waals surface area contributed by atoms with Crippen LogP contribution in [0.25, 0.3) is 0 Å². The molecule has 1 aromatic carbocycles. The molecule has 0 aliphatic heterocycles. The third-order valence-electron chi connectivity index (χ3n) is 3.23. The van der Waals surface area contributed by atoms with Crippen LogP contribution in [0.15, 0.2) is 28.2 Å². The zero-order valence-electron chi connectivity index (χ0n) is 13.6. The summed E-state index contributed by atoms with van der Waals surface area (Å²) >= 11 is 5.93. The predicted octanol–water partition coefficient (Wildman–Crippen LogP) is 2.74. The number of hydrogen-bond donors (Lipinski definition) is 0. The highest BCUT2D eigenvalue weighted by Gasteiger charge is 2.24. The Morgan fingerprint density at radius 3 is 2.48 bits per heavy atom. The number of ether oxygens (including phenoxy) is 1. The average molecular weight is 393 g/mol. The molecule has 2 aromatic rings. The van der Waals surface area contributed by atoms with E-state index in [-0.39, 0.29) is 5.56 Å². The largest absolute Gasteiger partial charge is 0.471 e.